The Kier molecular flexibility index (Phi) is 7.19. The van der Waals surface area contributed by atoms with Gasteiger partial charge in [-0.2, -0.15) is 0 Å². The maximum absolute atomic E-state index is 12.1. The third-order valence-corrected chi connectivity index (χ3v) is 5.55. The Labute approximate surface area is 155 Å². The van der Waals surface area contributed by atoms with Crippen LogP contribution in [0.15, 0.2) is 30.5 Å². The van der Waals surface area contributed by atoms with Crippen molar-refractivity contribution < 1.29 is 13.2 Å². The fraction of sp³-hybridized carbons (Fsp3) is 0.500. The molecule has 1 heterocycles. The van der Waals surface area contributed by atoms with Crippen LogP contribution in [0, 0.1) is 0 Å². The number of aromatic nitrogens is 1. The lowest BCUT2D eigenvalue weighted by Crippen LogP contribution is -2.37. The van der Waals surface area contributed by atoms with Crippen molar-refractivity contribution >= 4 is 26.8 Å². The van der Waals surface area contributed by atoms with Gasteiger partial charge in [0.05, 0.1) is 6.26 Å². The summed E-state index contributed by atoms with van der Waals surface area (Å²) in [6.45, 7) is 1.85. The number of likely N-dealkylation sites (N-methyl/N-ethyl adjacent to an activating group) is 1. The van der Waals surface area contributed by atoms with E-state index in [2.05, 4.69) is 10.3 Å². The van der Waals surface area contributed by atoms with E-state index >= 15 is 0 Å². The van der Waals surface area contributed by atoms with Gasteiger partial charge in [-0.3, -0.25) is 4.79 Å². The van der Waals surface area contributed by atoms with Gasteiger partial charge in [0.1, 0.15) is 0 Å². The molecule has 0 saturated heterocycles. The molecule has 2 aromatic rings. The predicted molar refractivity (Wildman–Crippen MR) is 105 cm³/mol. The number of H-pyrrole nitrogens is 1. The van der Waals surface area contributed by atoms with E-state index in [1.165, 1.54) is 10.6 Å². The largest absolute Gasteiger partial charge is 0.361 e. The molecule has 0 fully saturated rings. The predicted octanol–water partition coefficient (Wildman–Crippen LogP) is 1.04. The number of para-hydroxylation sites is 1. The van der Waals surface area contributed by atoms with Crippen LogP contribution in [-0.2, 0) is 21.2 Å². The number of rotatable bonds is 10. The van der Waals surface area contributed by atoms with Gasteiger partial charge >= 0.3 is 0 Å². The van der Waals surface area contributed by atoms with E-state index in [1.807, 2.05) is 49.5 Å². The zero-order valence-corrected chi connectivity index (χ0v) is 16.5. The number of nitrogens with one attached hydrogen (secondary N) is 2. The van der Waals surface area contributed by atoms with Crippen LogP contribution < -0.4 is 5.32 Å². The SMILES string of the molecule is CN(C)CCNC(=O)CCN(CCc1c[nH]c2ccccc12)S(C)(=O)=O. The molecule has 2 N–H and O–H groups in total. The first-order valence-corrected chi connectivity index (χ1v) is 10.5. The van der Waals surface area contributed by atoms with Crippen LogP contribution in [0.2, 0.25) is 0 Å². The summed E-state index contributed by atoms with van der Waals surface area (Å²) >= 11 is 0. The minimum Gasteiger partial charge on any atom is -0.361 e. The number of hydrogen-bond acceptors (Lipinski definition) is 4. The van der Waals surface area contributed by atoms with Gasteiger partial charge in [-0.15, -0.1) is 0 Å². The van der Waals surface area contributed by atoms with Crippen LogP contribution >= 0.6 is 0 Å². The quantitative estimate of drug-likeness (QED) is 0.645. The summed E-state index contributed by atoms with van der Waals surface area (Å²) in [6, 6.07) is 7.93. The lowest BCUT2D eigenvalue weighted by Gasteiger charge is -2.19. The van der Waals surface area contributed by atoms with Crippen molar-refractivity contribution in [3.8, 4) is 0 Å². The maximum Gasteiger partial charge on any atom is 0.221 e. The number of carbonyl (C=O) groups excluding carboxylic acids is 1. The van der Waals surface area contributed by atoms with E-state index < -0.39 is 10.0 Å². The normalized spacial score (nSPS) is 12.2. The van der Waals surface area contributed by atoms with Crippen molar-refractivity contribution in [2.75, 3.05) is 46.5 Å². The molecule has 26 heavy (non-hydrogen) atoms. The first-order valence-electron chi connectivity index (χ1n) is 8.69. The Morgan fingerprint density at radius 3 is 2.58 bits per heavy atom. The molecule has 0 saturated carbocycles. The lowest BCUT2D eigenvalue weighted by molar-refractivity contribution is -0.121. The highest BCUT2D eigenvalue weighted by molar-refractivity contribution is 7.88. The number of carbonyl (C=O) groups is 1. The number of benzene rings is 1. The molecule has 0 spiro atoms. The zero-order valence-electron chi connectivity index (χ0n) is 15.7. The third kappa shape index (κ3) is 6.12. The summed E-state index contributed by atoms with van der Waals surface area (Å²) in [7, 11) is 0.499. The van der Waals surface area contributed by atoms with E-state index in [0.717, 1.165) is 23.0 Å². The monoisotopic (exact) mass is 380 g/mol. The van der Waals surface area contributed by atoms with Gasteiger partial charge < -0.3 is 15.2 Å². The van der Waals surface area contributed by atoms with E-state index in [4.69, 9.17) is 0 Å². The minimum atomic E-state index is -3.37. The number of hydrogen-bond donors (Lipinski definition) is 2. The topological polar surface area (TPSA) is 85.5 Å². The van der Waals surface area contributed by atoms with E-state index in [1.54, 1.807) is 0 Å². The van der Waals surface area contributed by atoms with Crippen LogP contribution in [0.4, 0.5) is 0 Å². The second-order valence-electron chi connectivity index (χ2n) is 6.67. The number of amides is 1. The molecule has 0 bridgehead atoms. The molecule has 0 aliphatic heterocycles. The highest BCUT2D eigenvalue weighted by Crippen LogP contribution is 2.18. The first kappa shape index (κ1) is 20.4. The van der Waals surface area contributed by atoms with Crippen molar-refractivity contribution in [1.29, 1.82) is 0 Å². The number of aromatic amines is 1. The summed E-state index contributed by atoms with van der Waals surface area (Å²) in [4.78, 5) is 17.1. The molecular formula is C18H28N4O3S. The minimum absolute atomic E-state index is 0.132. The molecule has 0 atom stereocenters. The van der Waals surface area contributed by atoms with Crippen molar-refractivity contribution in [1.82, 2.24) is 19.5 Å². The van der Waals surface area contributed by atoms with Crippen LogP contribution in [0.5, 0.6) is 0 Å². The van der Waals surface area contributed by atoms with Crippen LogP contribution in [0.25, 0.3) is 10.9 Å². The molecule has 0 aliphatic rings. The third-order valence-electron chi connectivity index (χ3n) is 4.24. The number of sulfonamides is 1. The molecular weight excluding hydrogens is 352 g/mol. The fourth-order valence-corrected chi connectivity index (χ4v) is 3.61. The molecule has 1 aromatic carbocycles. The molecule has 0 radical (unpaired) electrons. The Morgan fingerprint density at radius 1 is 1.15 bits per heavy atom. The summed E-state index contributed by atoms with van der Waals surface area (Å²) < 4.78 is 25.5. The van der Waals surface area contributed by atoms with Gasteiger partial charge in [-0.1, -0.05) is 18.2 Å². The Bertz CT molecular complexity index is 830. The summed E-state index contributed by atoms with van der Waals surface area (Å²) in [6.07, 6.45) is 3.86. The molecule has 1 amide bonds. The van der Waals surface area contributed by atoms with Gasteiger partial charge in [0.2, 0.25) is 15.9 Å². The second kappa shape index (κ2) is 9.16. The van der Waals surface area contributed by atoms with Crippen LogP contribution in [0.1, 0.15) is 12.0 Å². The number of nitrogens with zero attached hydrogens (tertiary/aromatic N) is 2. The fourth-order valence-electron chi connectivity index (χ4n) is 2.76. The Hall–Kier alpha value is -1.90. The van der Waals surface area contributed by atoms with Gasteiger partial charge in [0.15, 0.2) is 0 Å². The molecule has 1 aromatic heterocycles. The highest BCUT2D eigenvalue weighted by atomic mass is 32.2. The molecule has 144 valence electrons. The van der Waals surface area contributed by atoms with Crippen LogP contribution in [-0.4, -0.2) is 75.0 Å². The molecule has 2 rings (SSSR count). The Morgan fingerprint density at radius 2 is 1.88 bits per heavy atom. The first-order chi connectivity index (χ1) is 12.3. The van der Waals surface area contributed by atoms with Gasteiger partial charge in [0.25, 0.3) is 0 Å². The standard InChI is InChI=1S/C18H28N4O3S/c1-21(2)13-10-19-18(23)9-12-22(26(3,24)25)11-8-15-14-20-17-7-5-4-6-16(15)17/h4-7,14,20H,8-13H2,1-3H3,(H,19,23). The second-order valence-corrected chi connectivity index (χ2v) is 8.66. The number of fused-ring (bicyclic) bond motifs is 1. The maximum atomic E-state index is 12.1. The summed E-state index contributed by atoms with van der Waals surface area (Å²) in [5.41, 5.74) is 2.11. The van der Waals surface area contributed by atoms with Crippen LogP contribution in [0.3, 0.4) is 0 Å². The van der Waals surface area contributed by atoms with Gasteiger partial charge in [-0.05, 0) is 32.1 Å². The molecule has 0 aliphatic carbocycles. The van der Waals surface area contributed by atoms with Crippen molar-refractivity contribution in [2.45, 2.75) is 12.8 Å². The molecule has 0 unspecified atom stereocenters. The zero-order chi connectivity index (χ0) is 19.2. The average molecular weight is 381 g/mol. The van der Waals surface area contributed by atoms with Crippen molar-refractivity contribution in [3.05, 3.63) is 36.0 Å². The van der Waals surface area contributed by atoms with Crippen molar-refractivity contribution in [3.63, 3.8) is 0 Å². The van der Waals surface area contributed by atoms with Crippen molar-refractivity contribution in [2.24, 2.45) is 0 Å². The average Bonchev–Trinajstić information content (AvgIpc) is 2.96. The summed E-state index contributed by atoms with van der Waals surface area (Å²) in [5, 5.41) is 3.91. The van der Waals surface area contributed by atoms with Gasteiger partial charge in [0, 0.05) is 49.7 Å². The van der Waals surface area contributed by atoms with E-state index in [0.29, 0.717) is 19.5 Å². The lowest BCUT2D eigenvalue weighted by atomic mass is 10.1. The van der Waals surface area contributed by atoms with E-state index in [-0.39, 0.29) is 18.9 Å². The smallest absolute Gasteiger partial charge is 0.221 e. The highest BCUT2D eigenvalue weighted by Gasteiger charge is 2.18. The molecule has 8 heteroatoms. The molecule has 7 nitrogen and oxygen atoms in total. The summed E-state index contributed by atoms with van der Waals surface area (Å²) in [5.74, 6) is -0.132. The Balaban J connectivity index is 1.90. The van der Waals surface area contributed by atoms with Gasteiger partial charge in [-0.25, -0.2) is 12.7 Å². The van der Waals surface area contributed by atoms with E-state index in [9.17, 15) is 13.2 Å².